The molecule has 1 N–H and O–H groups in total. The van der Waals surface area contributed by atoms with E-state index in [2.05, 4.69) is 5.32 Å². The lowest BCUT2D eigenvalue weighted by Gasteiger charge is -2.10. The summed E-state index contributed by atoms with van der Waals surface area (Å²) < 4.78 is 14.1. The van der Waals surface area contributed by atoms with Crippen molar-refractivity contribution in [3.8, 4) is 11.1 Å². The predicted molar refractivity (Wildman–Crippen MR) is 74.1 cm³/mol. The average molecular weight is 243 g/mol. The Morgan fingerprint density at radius 3 is 2.56 bits per heavy atom. The van der Waals surface area contributed by atoms with Crippen LogP contribution < -0.4 is 5.32 Å². The Kier molecular flexibility index (Phi) is 3.78. The van der Waals surface area contributed by atoms with E-state index >= 15 is 0 Å². The highest BCUT2D eigenvalue weighted by atomic mass is 19.1. The molecule has 2 aromatic carbocycles. The van der Waals surface area contributed by atoms with E-state index in [4.69, 9.17) is 0 Å². The fourth-order valence-electron chi connectivity index (χ4n) is 2.32. The van der Waals surface area contributed by atoms with Crippen molar-refractivity contribution in [3.05, 3.63) is 58.9 Å². The average Bonchev–Trinajstić information content (AvgIpc) is 2.28. The maximum absolute atomic E-state index is 14.1. The molecule has 0 saturated carbocycles. The highest BCUT2D eigenvalue weighted by Gasteiger charge is 2.09. The van der Waals surface area contributed by atoms with Crippen molar-refractivity contribution < 1.29 is 4.39 Å². The molecule has 0 atom stereocenters. The lowest BCUT2D eigenvalue weighted by Crippen LogP contribution is -2.04. The normalized spacial score (nSPS) is 10.7. The third-order valence-electron chi connectivity index (χ3n) is 3.03. The number of halogens is 1. The van der Waals surface area contributed by atoms with Gasteiger partial charge in [-0.1, -0.05) is 24.3 Å². The molecule has 2 heteroatoms. The Morgan fingerprint density at radius 2 is 1.89 bits per heavy atom. The van der Waals surface area contributed by atoms with E-state index in [1.54, 1.807) is 6.07 Å². The highest BCUT2D eigenvalue weighted by molar-refractivity contribution is 5.69. The molecule has 0 aliphatic rings. The summed E-state index contributed by atoms with van der Waals surface area (Å²) in [5.74, 6) is -0.144. The lowest BCUT2D eigenvalue weighted by atomic mass is 9.96. The molecule has 0 radical (unpaired) electrons. The second-order valence-corrected chi connectivity index (χ2v) is 4.67. The Morgan fingerprint density at radius 1 is 1.11 bits per heavy atom. The smallest absolute Gasteiger partial charge is 0.131 e. The summed E-state index contributed by atoms with van der Waals surface area (Å²) in [5.41, 5.74) is 4.75. The van der Waals surface area contributed by atoms with Crippen LogP contribution in [0.25, 0.3) is 11.1 Å². The second-order valence-electron chi connectivity index (χ2n) is 4.67. The Balaban J connectivity index is 2.51. The molecule has 0 heterocycles. The van der Waals surface area contributed by atoms with E-state index in [-0.39, 0.29) is 5.82 Å². The van der Waals surface area contributed by atoms with E-state index in [1.165, 1.54) is 0 Å². The third kappa shape index (κ3) is 2.59. The number of hydrogen-bond acceptors (Lipinski definition) is 1. The molecule has 0 amide bonds. The summed E-state index contributed by atoms with van der Waals surface area (Å²) in [4.78, 5) is 0. The molecule has 2 aromatic rings. The fraction of sp³-hybridized carbons (Fsp3) is 0.250. The van der Waals surface area contributed by atoms with Crippen molar-refractivity contribution in [2.75, 3.05) is 7.05 Å². The largest absolute Gasteiger partial charge is 0.316 e. The van der Waals surface area contributed by atoms with Crippen LogP contribution in [0.1, 0.15) is 16.7 Å². The Hall–Kier alpha value is -1.67. The minimum Gasteiger partial charge on any atom is -0.316 e. The van der Waals surface area contributed by atoms with Crippen molar-refractivity contribution in [1.29, 1.82) is 0 Å². The molecule has 1 nitrogen and oxygen atoms in total. The van der Waals surface area contributed by atoms with Crippen molar-refractivity contribution >= 4 is 0 Å². The molecule has 18 heavy (non-hydrogen) atoms. The van der Waals surface area contributed by atoms with Gasteiger partial charge >= 0.3 is 0 Å². The zero-order chi connectivity index (χ0) is 13.1. The summed E-state index contributed by atoms with van der Waals surface area (Å²) in [6.45, 7) is 4.66. The van der Waals surface area contributed by atoms with Gasteiger partial charge in [0, 0.05) is 12.1 Å². The molecular weight excluding hydrogens is 225 g/mol. The summed E-state index contributed by atoms with van der Waals surface area (Å²) >= 11 is 0. The molecule has 0 spiro atoms. The van der Waals surface area contributed by atoms with Crippen LogP contribution in [-0.2, 0) is 6.54 Å². The van der Waals surface area contributed by atoms with Gasteiger partial charge in [-0.2, -0.15) is 0 Å². The Labute approximate surface area is 108 Å². The van der Waals surface area contributed by atoms with Crippen molar-refractivity contribution in [3.63, 3.8) is 0 Å². The van der Waals surface area contributed by atoms with Gasteiger partial charge in [0.25, 0.3) is 0 Å². The zero-order valence-electron chi connectivity index (χ0n) is 11.0. The van der Waals surface area contributed by atoms with Gasteiger partial charge in [0.15, 0.2) is 0 Å². The van der Waals surface area contributed by atoms with Gasteiger partial charge in [-0.25, -0.2) is 4.39 Å². The predicted octanol–water partition coefficient (Wildman–Crippen LogP) is 3.83. The summed E-state index contributed by atoms with van der Waals surface area (Å²) in [5, 5.41) is 3.11. The third-order valence-corrected chi connectivity index (χ3v) is 3.03. The number of hydrogen-bond donors (Lipinski definition) is 1. The molecule has 0 aliphatic carbocycles. The van der Waals surface area contributed by atoms with Crippen LogP contribution in [0.2, 0.25) is 0 Å². The molecule has 0 saturated heterocycles. The van der Waals surface area contributed by atoms with Crippen LogP contribution in [0, 0.1) is 19.7 Å². The summed E-state index contributed by atoms with van der Waals surface area (Å²) in [7, 11) is 1.91. The van der Waals surface area contributed by atoms with E-state index < -0.39 is 0 Å². The summed E-state index contributed by atoms with van der Waals surface area (Å²) in [6.07, 6.45) is 0. The molecular formula is C16H18FN. The van der Waals surface area contributed by atoms with Crippen LogP contribution in [0.5, 0.6) is 0 Å². The molecule has 0 fully saturated rings. The zero-order valence-corrected chi connectivity index (χ0v) is 11.0. The standard InChI is InChI=1S/C16H18FN/c1-11-7-12(2)16(15(17)8-11)14-6-4-5-13(9-14)10-18-3/h4-9,18H,10H2,1-3H3. The van der Waals surface area contributed by atoms with E-state index in [0.29, 0.717) is 5.56 Å². The maximum atomic E-state index is 14.1. The van der Waals surface area contributed by atoms with E-state index in [0.717, 1.165) is 28.8 Å². The minimum absolute atomic E-state index is 0.144. The monoisotopic (exact) mass is 243 g/mol. The number of benzene rings is 2. The Bertz CT molecular complexity index is 538. The van der Waals surface area contributed by atoms with Crippen LogP contribution in [0.3, 0.4) is 0 Å². The molecule has 0 aliphatic heterocycles. The molecule has 0 aromatic heterocycles. The van der Waals surface area contributed by atoms with Crippen LogP contribution in [0.15, 0.2) is 36.4 Å². The SMILES string of the molecule is CNCc1cccc(-c2c(C)cc(C)cc2F)c1. The second kappa shape index (κ2) is 5.32. The van der Waals surface area contributed by atoms with E-state index in [1.807, 2.05) is 51.2 Å². The lowest BCUT2D eigenvalue weighted by molar-refractivity contribution is 0.629. The van der Waals surface area contributed by atoms with Crippen LogP contribution >= 0.6 is 0 Å². The molecule has 0 bridgehead atoms. The van der Waals surface area contributed by atoms with Crippen molar-refractivity contribution in [2.24, 2.45) is 0 Å². The first-order valence-corrected chi connectivity index (χ1v) is 6.12. The first-order valence-electron chi connectivity index (χ1n) is 6.12. The quantitative estimate of drug-likeness (QED) is 0.864. The maximum Gasteiger partial charge on any atom is 0.131 e. The van der Waals surface area contributed by atoms with Gasteiger partial charge in [-0.3, -0.25) is 0 Å². The number of nitrogens with one attached hydrogen (secondary N) is 1. The molecule has 94 valence electrons. The van der Waals surface area contributed by atoms with Crippen molar-refractivity contribution in [1.82, 2.24) is 5.32 Å². The molecule has 2 rings (SSSR count). The van der Waals surface area contributed by atoms with Crippen molar-refractivity contribution in [2.45, 2.75) is 20.4 Å². The fourth-order valence-corrected chi connectivity index (χ4v) is 2.32. The first kappa shape index (κ1) is 12.8. The van der Waals surface area contributed by atoms with Gasteiger partial charge in [-0.05, 0) is 55.3 Å². The van der Waals surface area contributed by atoms with Gasteiger partial charge in [-0.15, -0.1) is 0 Å². The van der Waals surface area contributed by atoms with Gasteiger partial charge in [0.2, 0.25) is 0 Å². The number of rotatable bonds is 3. The van der Waals surface area contributed by atoms with Gasteiger partial charge in [0.05, 0.1) is 0 Å². The van der Waals surface area contributed by atoms with Crippen LogP contribution in [-0.4, -0.2) is 7.05 Å². The highest BCUT2D eigenvalue weighted by Crippen LogP contribution is 2.28. The minimum atomic E-state index is -0.144. The van der Waals surface area contributed by atoms with Gasteiger partial charge in [0.1, 0.15) is 5.82 Å². The molecule has 0 unspecified atom stereocenters. The van der Waals surface area contributed by atoms with Gasteiger partial charge < -0.3 is 5.32 Å². The first-order chi connectivity index (χ1) is 8.61. The topological polar surface area (TPSA) is 12.0 Å². The van der Waals surface area contributed by atoms with E-state index in [9.17, 15) is 4.39 Å². The van der Waals surface area contributed by atoms with Crippen LogP contribution in [0.4, 0.5) is 4.39 Å². The summed E-state index contributed by atoms with van der Waals surface area (Å²) in [6, 6.07) is 11.6. The number of aryl methyl sites for hydroxylation is 2.